The van der Waals surface area contributed by atoms with Gasteiger partial charge in [0.2, 0.25) is 10.0 Å². The van der Waals surface area contributed by atoms with Gasteiger partial charge >= 0.3 is 12.2 Å². The lowest BCUT2D eigenvalue weighted by Crippen LogP contribution is -2.50. The van der Waals surface area contributed by atoms with Crippen molar-refractivity contribution in [3.05, 3.63) is 58.7 Å². The van der Waals surface area contributed by atoms with Crippen molar-refractivity contribution in [2.75, 3.05) is 37.4 Å². The predicted molar refractivity (Wildman–Crippen MR) is 157 cm³/mol. The number of sulfonamides is 1. The molecule has 1 spiro atoms. The van der Waals surface area contributed by atoms with Crippen molar-refractivity contribution in [2.45, 2.75) is 57.7 Å². The molecule has 14 heteroatoms. The molecule has 43 heavy (non-hydrogen) atoms. The number of halogens is 3. The molecule has 2 aromatic carbocycles. The number of alkyl halides is 3. The summed E-state index contributed by atoms with van der Waals surface area (Å²) in [5, 5.41) is 2.78. The average molecular weight is 624 g/mol. The molecule has 0 aromatic heterocycles. The van der Waals surface area contributed by atoms with E-state index in [2.05, 4.69) is 10.3 Å². The number of carbonyl (C=O) groups is 2. The summed E-state index contributed by atoms with van der Waals surface area (Å²) in [6.45, 7) is 3.89. The number of amidine groups is 1. The molecule has 3 amide bonds. The second-order valence-electron chi connectivity index (χ2n) is 11.0. The van der Waals surface area contributed by atoms with E-state index >= 15 is 0 Å². The highest BCUT2D eigenvalue weighted by molar-refractivity contribution is 7.89. The van der Waals surface area contributed by atoms with Crippen LogP contribution in [0, 0.1) is 13.8 Å². The van der Waals surface area contributed by atoms with Crippen LogP contribution in [0.2, 0.25) is 0 Å². The molecule has 0 aliphatic carbocycles. The normalized spacial score (nSPS) is 17.1. The molecule has 2 aromatic rings. The summed E-state index contributed by atoms with van der Waals surface area (Å²) < 4.78 is 70.5. The third-order valence-electron chi connectivity index (χ3n) is 7.91. The number of rotatable bonds is 10. The van der Waals surface area contributed by atoms with Crippen molar-refractivity contribution in [3.63, 3.8) is 0 Å². The number of urea groups is 1. The van der Waals surface area contributed by atoms with Crippen LogP contribution in [0.5, 0.6) is 5.75 Å². The first-order valence-corrected chi connectivity index (χ1v) is 15.5. The zero-order chi connectivity index (χ0) is 31.6. The Morgan fingerprint density at radius 3 is 2.42 bits per heavy atom. The van der Waals surface area contributed by atoms with Crippen molar-refractivity contribution in [1.29, 1.82) is 0 Å². The summed E-state index contributed by atoms with van der Waals surface area (Å²) >= 11 is 0. The van der Waals surface area contributed by atoms with Crippen LogP contribution < -0.4 is 20.7 Å². The molecular formula is C29H36F3N5O5S. The fraction of sp³-hybridized carbons (Fsp3) is 0.483. The first-order chi connectivity index (χ1) is 20.1. The van der Waals surface area contributed by atoms with Crippen LogP contribution in [0.3, 0.4) is 0 Å². The second-order valence-corrected chi connectivity index (χ2v) is 13.1. The number of nitrogens with two attached hydrogens (primary N) is 1. The molecule has 2 heterocycles. The number of aryl methyl sites for hydroxylation is 2. The minimum absolute atomic E-state index is 0.104. The van der Waals surface area contributed by atoms with Gasteiger partial charge in [0.1, 0.15) is 17.1 Å². The van der Waals surface area contributed by atoms with Gasteiger partial charge in [-0.3, -0.25) is 14.7 Å². The number of hydrogen-bond acceptors (Lipinski definition) is 6. The molecule has 1 saturated heterocycles. The first-order valence-electron chi connectivity index (χ1n) is 13.9. The van der Waals surface area contributed by atoms with Crippen molar-refractivity contribution in [1.82, 2.24) is 9.62 Å². The maximum atomic E-state index is 13.3. The van der Waals surface area contributed by atoms with E-state index in [0.29, 0.717) is 29.3 Å². The lowest BCUT2D eigenvalue weighted by molar-refractivity contribution is -0.136. The smallest absolute Gasteiger partial charge is 0.389 e. The molecule has 3 N–H and O–H groups in total. The van der Waals surface area contributed by atoms with Gasteiger partial charge in [0, 0.05) is 37.8 Å². The Labute approximate surface area is 249 Å². The number of nitrogens with zero attached hydrogens (tertiary/aromatic N) is 3. The van der Waals surface area contributed by atoms with Crippen LogP contribution in [0.15, 0.2) is 41.4 Å². The number of primary amides is 1. The van der Waals surface area contributed by atoms with E-state index in [0.717, 1.165) is 16.7 Å². The molecule has 4 rings (SSSR count). The van der Waals surface area contributed by atoms with Crippen molar-refractivity contribution in [3.8, 4) is 5.75 Å². The highest BCUT2D eigenvalue weighted by Gasteiger charge is 2.47. The highest BCUT2D eigenvalue weighted by atomic mass is 32.2. The molecule has 2 aliphatic heterocycles. The van der Waals surface area contributed by atoms with Crippen LogP contribution in [0.4, 0.5) is 23.7 Å². The van der Waals surface area contributed by atoms with Crippen LogP contribution >= 0.6 is 0 Å². The molecule has 10 nitrogen and oxygen atoms in total. The summed E-state index contributed by atoms with van der Waals surface area (Å²) in [5.41, 5.74) is 8.05. The molecule has 2 aliphatic rings. The topological polar surface area (TPSA) is 134 Å². The number of ether oxygens (including phenoxy) is 1. The monoisotopic (exact) mass is 623 g/mol. The Morgan fingerprint density at radius 1 is 1.16 bits per heavy atom. The number of benzene rings is 2. The van der Waals surface area contributed by atoms with Crippen molar-refractivity contribution >= 4 is 33.5 Å². The van der Waals surface area contributed by atoms with Gasteiger partial charge in [-0.15, -0.1) is 0 Å². The Balaban J connectivity index is 1.37. The molecule has 234 valence electrons. The van der Waals surface area contributed by atoms with Gasteiger partial charge in [0.05, 0.1) is 12.4 Å². The summed E-state index contributed by atoms with van der Waals surface area (Å²) in [6.07, 6.45) is -4.64. The van der Waals surface area contributed by atoms with E-state index < -0.39 is 34.2 Å². The number of hydrogen-bond donors (Lipinski definition) is 2. The van der Waals surface area contributed by atoms with Crippen LogP contribution in [-0.2, 0) is 21.2 Å². The molecule has 0 atom stereocenters. The van der Waals surface area contributed by atoms with Crippen LogP contribution in [-0.4, -0.2) is 74.7 Å². The quantitative estimate of drug-likeness (QED) is 0.388. The maximum Gasteiger partial charge on any atom is 0.389 e. The van der Waals surface area contributed by atoms with Gasteiger partial charge in [-0.25, -0.2) is 17.5 Å². The zero-order valence-corrected chi connectivity index (χ0v) is 25.1. The van der Waals surface area contributed by atoms with Gasteiger partial charge in [-0.05, 0) is 80.5 Å². The fourth-order valence-corrected chi connectivity index (χ4v) is 6.83. The molecule has 0 bridgehead atoms. The minimum atomic E-state index is -4.24. The average Bonchev–Trinajstić information content (AvgIpc) is 3.25. The highest BCUT2D eigenvalue weighted by Crippen LogP contribution is 2.33. The molecule has 1 fully saturated rings. The second kappa shape index (κ2) is 12.5. The number of carbonyl (C=O) groups excluding carboxylic acids is 2. The first kappa shape index (κ1) is 32.3. The van der Waals surface area contributed by atoms with Gasteiger partial charge in [-0.2, -0.15) is 13.2 Å². The summed E-state index contributed by atoms with van der Waals surface area (Å²) in [5.74, 6) is 0.253. The number of amides is 3. The third kappa shape index (κ3) is 7.66. The Hall–Kier alpha value is -3.65. The Morgan fingerprint density at radius 2 is 1.81 bits per heavy atom. The Bertz CT molecular complexity index is 1500. The Kier molecular flexibility index (Phi) is 9.40. The van der Waals surface area contributed by atoms with Gasteiger partial charge in [0.25, 0.3) is 5.91 Å². The van der Waals surface area contributed by atoms with E-state index in [9.17, 15) is 31.2 Å². The largest absolute Gasteiger partial charge is 0.494 e. The van der Waals surface area contributed by atoms with E-state index in [1.807, 2.05) is 13.8 Å². The van der Waals surface area contributed by atoms with E-state index in [-0.39, 0.29) is 50.6 Å². The lowest BCUT2D eigenvalue weighted by atomic mass is 9.89. The lowest BCUT2D eigenvalue weighted by Gasteiger charge is -2.34. The van der Waals surface area contributed by atoms with Gasteiger partial charge < -0.3 is 15.8 Å². The molecule has 0 saturated carbocycles. The van der Waals surface area contributed by atoms with E-state index in [1.165, 1.54) is 9.21 Å². The van der Waals surface area contributed by atoms with E-state index in [1.54, 1.807) is 43.4 Å². The summed E-state index contributed by atoms with van der Waals surface area (Å²) in [7, 11) is -2.06. The SMILES string of the molecule is Cc1cc(N(C)C(N)=O)cc(C)c1CCS(=O)(=O)N1CCC2(CC1)N=C(c1cccc(OCCCC(F)(F)F)c1)NC2=O. The maximum absolute atomic E-state index is 13.3. The van der Waals surface area contributed by atoms with Crippen molar-refractivity contribution in [2.24, 2.45) is 10.7 Å². The minimum Gasteiger partial charge on any atom is -0.494 e. The standard InChI is InChI=1S/C29H36F3N5O5S/c1-19-16-22(36(3)27(33)39)17-20(2)24(19)8-15-43(40,41)37-12-10-28(11-13-37)26(38)34-25(35-28)21-6-4-7-23(18-21)42-14-5-9-29(30,31)32/h4,6-7,16-18H,5,8-15H2,1-3H3,(H2,33,39)(H,34,35,38). The zero-order valence-electron chi connectivity index (χ0n) is 24.3. The summed E-state index contributed by atoms with van der Waals surface area (Å²) in [4.78, 5) is 30.5. The summed E-state index contributed by atoms with van der Waals surface area (Å²) in [6, 6.07) is 9.60. The number of piperidine rings is 1. The number of anilines is 1. The number of nitrogens with one attached hydrogen (secondary N) is 1. The third-order valence-corrected chi connectivity index (χ3v) is 9.78. The number of aliphatic imine (C=N–C) groups is 1. The van der Waals surface area contributed by atoms with Crippen LogP contribution in [0.25, 0.3) is 0 Å². The molecule has 0 radical (unpaired) electrons. The predicted octanol–water partition coefficient (Wildman–Crippen LogP) is 3.82. The van der Waals surface area contributed by atoms with E-state index in [4.69, 9.17) is 10.5 Å². The van der Waals surface area contributed by atoms with Crippen molar-refractivity contribution < 1.29 is 35.9 Å². The van der Waals surface area contributed by atoms with Gasteiger partial charge in [-0.1, -0.05) is 12.1 Å². The van der Waals surface area contributed by atoms with Gasteiger partial charge in [0.15, 0.2) is 0 Å². The molecule has 0 unspecified atom stereocenters. The van der Waals surface area contributed by atoms with Crippen LogP contribution in [0.1, 0.15) is 47.9 Å². The fourth-order valence-electron chi connectivity index (χ4n) is 5.37. The molecular weight excluding hydrogens is 587 g/mol.